The molecule has 1 heterocycles. The first-order chi connectivity index (χ1) is 8.17. The van der Waals surface area contributed by atoms with Crippen LogP contribution in [0.25, 0.3) is 0 Å². The average molecular weight is 319 g/mol. The predicted molar refractivity (Wildman–Crippen MR) is 74.5 cm³/mol. The van der Waals surface area contributed by atoms with Crippen LogP contribution in [0.2, 0.25) is 0 Å². The molecule has 2 nitrogen and oxygen atoms in total. The summed E-state index contributed by atoms with van der Waals surface area (Å²) in [5, 5.41) is 0. The smallest absolute Gasteiger partial charge is 0.0841 e. The van der Waals surface area contributed by atoms with Crippen LogP contribution in [-0.2, 0) is 11.3 Å². The fourth-order valence-electron chi connectivity index (χ4n) is 2.20. The van der Waals surface area contributed by atoms with Gasteiger partial charge in [-0.25, -0.2) is 0 Å². The second kappa shape index (κ2) is 6.19. The second-order valence-corrected chi connectivity index (χ2v) is 5.77. The zero-order chi connectivity index (χ0) is 12.3. The summed E-state index contributed by atoms with van der Waals surface area (Å²) in [5.41, 5.74) is 1.33. The fraction of sp³-hybridized carbons (Fsp3) is 0.538. The van der Waals surface area contributed by atoms with Crippen molar-refractivity contribution >= 4 is 27.5 Å². The maximum absolute atomic E-state index is 5.88. The first kappa shape index (κ1) is 13.3. The Kier molecular flexibility index (Phi) is 4.86. The van der Waals surface area contributed by atoms with E-state index in [0.29, 0.717) is 5.88 Å². The van der Waals surface area contributed by atoms with E-state index in [-0.39, 0.29) is 12.2 Å². The molecule has 94 valence electrons. The first-order valence-corrected chi connectivity index (χ1v) is 7.18. The van der Waals surface area contributed by atoms with Gasteiger partial charge in [0.15, 0.2) is 0 Å². The minimum atomic E-state index is 0.163. The maximum Gasteiger partial charge on any atom is 0.0841 e. The second-order valence-electron chi connectivity index (χ2n) is 4.54. The van der Waals surface area contributed by atoms with Gasteiger partial charge in [-0.1, -0.05) is 28.1 Å². The van der Waals surface area contributed by atoms with Crippen LogP contribution >= 0.6 is 27.5 Å². The molecule has 1 fully saturated rings. The van der Waals surface area contributed by atoms with Crippen molar-refractivity contribution in [1.29, 1.82) is 0 Å². The van der Waals surface area contributed by atoms with Gasteiger partial charge < -0.3 is 4.74 Å². The van der Waals surface area contributed by atoms with E-state index in [1.54, 1.807) is 0 Å². The monoisotopic (exact) mass is 317 g/mol. The summed E-state index contributed by atoms with van der Waals surface area (Å²) in [7, 11) is 0. The summed E-state index contributed by atoms with van der Waals surface area (Å²) in [4.78, 5) is 2.41. The van der Waals surface area contributed by atoms with Crippen molar-refractivity contribution in [1.82, 2.24) is 4.90 Å². The standard InChI is InChI=1S/C13H17BrClNO/c1-10-7-16(9-13(6-15)17-10)8-11-2-4-12(14)5-3-11/h2-5,10,13H,6-9H2,1H3. The molecule has 0 radical (unpaired) electrons. The fourth-order valence-corrected chi connectivity index (χ4v) is 2.64. The van der Waals surface area contributed by atoms with E-state index < -0.39 is 0 Å². The minimum Gasteiger partial charge on any atom is -0.371 e. The molecule has 0 N–H and O–H groups in total. The Morgan fingerprint density at radius 2 is 2.06 bits per heavy atom. The Labute approximate surface area is 116 Å². The van der Waals surface area contributed by atoms with Crippen LogP contribution in [0.5, 0.6) is 0 Å². The van der Waals surface area contributed by atoms with E-state index in [1.807, 2.05) is 0 Å². The van der Waals surface area contributed by atoms with Crippen LogP contribution in [0.15, 0.2) is 28.7 Å². The van der Waals surface area contributed by atoms with Crippen LogP contribution in [0, 0.1) is 0 Å². The molecule has 1 saturated heterocycles. The van der Waals surface area contributed by atoms with Gasteiger partial charge in [0.1, 0.15) is 0 Å². The highest BCUT2D eigenvalue weighted by atomic mass is 79.9. The van der Waals surface area contributed by atoms with E-state index in [9.17, 15) is 0 Å². The highest BCUT2D eigenvalue weighted by molar-refractivity contribution is 9.10. The molecule has 1 aromatic carbocycles. The van der Waals surface area contributed by atoms with Crippen molar-refractivity contribution in [3.63, 3.8) is 0 Å². The summed E-state index contributed by atoms with van der Waals surface area (Å²) < 4.78 is 6.86. The highest BCUT2D eigenvalue weighted by Gasteiger charge is 2.24. The summed E-state index contributed by atoms with van der Waals surface area (Å²) in [6.45, 7) is 4.97. The molecule has 0 saturated carbocycles. The van der Waals surface area contributed by atoms with E-state index in [4.69, 9.17) is 16.3 Å². The van der Waals surface area contributed by atoms with Gasteiger partial charge in [0, 0.05) is 30.0 Å². The number of nitrogens with zero attached hydrogens (tertiary/aromatic N) is 1. The van der Waals surface area contributed by atoms with Gasteiger partial charge in [0.2, 0.25) is 0 Å². The van der Waals surface area contributed by atoms with Crippen molar-refractivity contribution < 1.29 is 4.74 Å². The van der Waals surface area contributed by atoms with Gasteiger partial charge in [0.05, 0.1) is 12.2 Å². The lowest BCUT2D eigenvalue weighted by Crippen LogP contribution is -2.46. The van der Waals surface area contributed by atoms with E-state index in [1.165, 1.54) is 5.56 Å². The number of alkyl halides is 1. The molecule has 2 atom stereocenters. The summed E-state index contributed by atoms with van der Waals surface area (Å²) in [6, 6.07) is 8.47. The molecule has 0 bridgehead atoms. The molecule has 2 rings (SSSR count). The number of hydrogen-bond donors (Lipinski definition) is 0. The quantitative estimate of drug-likeness (QED) is 0.793. The molecule has 0 aliphatic carbocycles. The maximum atomic E-state index is 5.88. The Morgan fingerprint density at radius 3 is 2.71 bits per heavy atom. The van der Waals surface area contributed by atoms with Gasteiger partial charge in [-0.3, -0.25) is 4.90 Å². The Balaban J connectivity index is 1.95. The van der Waals surface area contributed by atoms with Crippen LogP contribution in [0.3, 0.4) is 0 Å². The van der Waals surface area contributed by atoms with Crippen molar-refractivity contribution in [3.8, 4) is 0 Å². The summed E-state index contributed by atoms with van der Waals surface area (Å²) in [6.07, 6.45) is 0.429. The number of ether oxygens (including phenoxy) is 1. The van der Waals surface area contributed by atoms with Gasteiger partial charge in [0.25, 0.3) is 0 Å². The van der Waals surface area contributed by atoms with E-state index >= 15 is 0 Å². The Hall–Kier alpha value is -0.0900. The molecular weight excluding hydrogens is 302 g/mol. The third kappa shape index (κ3) is 3.95. The molecule has 4 heteroatoms. The van der Waals surface area contributed by atoms with Crippen molar-refractivity contribution in [3.05, 3.63) is 34.3 Å². The van der Waals surface area contributed by atoms with E-state index in [0.717, 1.165) is 24.1 Å². The number of halogens is 2. The topological polar surface area (TPSA) is 12.5 Å². The molecule has 1 aromatic rings. The van der Waals surface area contributed by atoms with Crippen LogP contribution < -0.4 is 0 Å². The van der Waals surface area contributed by atoms with Crippen LogP contribution in [0.4, 0.5) is 0 Å². The number of hydrogen-bond acceptors (Lipinski definition) is 2. The third-order valence-electron chi connectivity index (χ3n) is 2.89. The predicted octanol–water partition coefficient (Wildman–Crippen LogP) is 3.28. The van der Waals surface area contributed by atoms with Crippen LogP contribution in [0.1, 0.15) is 12.5 Å². The summed E-state index contributed by atoms with van der Waals surface area (Å²) in [5.74, 6) is 0.571. The number of morpholine rings is 1. The third-order valence-corrected chi connectivity index (χ3v) is 3.77. The lowest BCUT2D eigenvalue weighted by Gasteiger charge is -2.36. The molecule has 17 heavy (non-hydrogen) atoms. The van der Waals surface area contributed by atoms with Gasteiger partial charge >= 0.3 is 0 Å². The zero-order valence-electron chi connectivity index (χ0n) is 9.90. The molecule has 1 aliphatic heterocycles. The molecule has 0 spiro atoms. The lowest BCUT2D eigenvalue weighted by molar-refractivity contribution is -0.0688. The minimum absolute atomic E-state index is 0.163. The Morgan fingerprint density at radius 1 is 1.35 bits per heavy atom. The molecule has 1 aliphatic rings. The first-order valence-electron chi connectivity index (χ1n) is 5.85. The van der Waals surface area contributed by atoms with Crippen LogP contribution in [-0.4, -0.2) is 36.1 Å². The Bertz CT molecular complexity index is 357. The average Bonchev–Trinajstić information content (AvgIpc) is 2.31. The molecule has 0 aromatic heterocycles. The molecule has 2 unspecified atom stereocenters. The van der Waals surface area contributed by atoms with Crippen molar-refractivity contribution in [2.75, 3.05) is 19.0 Å². The molecule has 0 amide bonds. The summed E-state index contributed by atoms with van der Waals surface area (Å²) >= 11 is 9.33. The number of rotatable bonds is 3. The number of benzene rings is 1. The zero-order valence-corrected chi connectivity index (χ0v) is 12.2. The SMILES string of the molecule is CC1CN(Cc2ccc(Br)cc2)CC(CCl)O1. The lowest BCUT2D eigenvalue weighted by atomic mass is 10.1. The molecular formula is C13H17BrClNO. The van der Waals surface area contributed by atoms with Gasteiger partial charge in [-0.15, -0.1) is 11.6 Å². The van der Waals surface area contributed by atoms with Crippen molar-refractivity contribution in [2.24, 2.45) is 0 Å². The normalized spacial score (nSPS) is 26.1. The van der Waals surface area contributed by atoms with Gasteiger partial charge in [-0.05, 0) is 24.6 Å². The highest BCUT2D eigenvalue weighted by Crippen LogP contribution is 2.17. The largest absolute Gasteiger partial charge is 0.371 e. The van der Waals surface area contributed by atoms with Gasteiger partial charge in [-0.2, -0.15) is 0 Å². The van der Waals surface area contributed by atoms with E-state index in [2.05, 4.69) is 52.0 Å². The van der Waals surface area contributed by atoms with Crippen molar-refractivity contribution in [2.45, 2.75) is 25.7 Å².